The van der Waals surface area contributed by atoms with Crippen LogP contribution >= 0.6 is 23.2 Å². The molecule has 0 atom stereocenters. The second kappa shape index (κ2) is 4.49. The number of benzene rings is 1. The van der Waals surface area contributed by atoms with Gasteiger partial charge >= 0.3 is 0 Å². The fourth-order valence-electron chi connectivity index (χ4n) is 0.973. The Hall–Kier alpha value is -0.730. The van der Waals surface area contributed by atoms with Crippen LogP contribution in [0.3, 0.4) is 0 Å². The van der Waals surface area contributed by atoms with Crippen molar-refractivity contribution in [2.75, 3.05) is 0 Å². The molecule has 1 rings (SSSR count). The van der Waals surface area contributed by atoms with Gasteiger partial charge in [0.1, 0.15) is 0 Å². The minimum absolute atomic E-state index is 0.196. The summed E-state index contributed by atoms with van der Waals surface area (Å²) in [5.74, 6) is -0.578. The number of amides is 1. The van der Waals surface area contributed by atoms with Crippen molar-refractivity contribution in [1.82, 2.24) is 5.73 Å². The molecule has 0 aliphatic heterocycles. The first-order valence-corrected chi connectivity index (χ1v) is 4.53. The summed E-state index contributed by atoms with van der Waals surface area (Å²) < 4.78 is 0. The monoisotopic (exact) mass is 216 g/mol. The lowest BCUT2D eigenvalue weighted by Gasteiger charge is -2.01. The maximum atomic E-state index is 10.4. The number of hydrogen-bond donors (Lipinski definition) is 0. The SMILES string of the molecule is [NH]C(=O)CCc1ccc(Cl)cc1Cl. The Bertz CT molecular complexity index is 325. The molecule has 0 bridgehead atoms. The lowest BCUT2D eigenvalue weighted by molar-refractivity contribution is -0.118. The van der Waals surface area contributed by atoms with Crippen LogP contribution in [0.5, 0.6) is 0 Å². The van der Waals surface area contributed by atoms with E-state index in [9.17, 15) is 4.79 Å². The predicted molar refractivity (Wildman–Crippen MR) is 52.9 cm³/mol. The van der Waals surface area contributed by atoms with Crippen LogP contribution in [0.4, 0.5) is 0 Å². The van der Waals surface area contributed by atoms with E-state index in [0.717, 1.165) is 5.56 Å². The van der Waals surface area contributed by atoms with Crippen LogP contribution in [0, 0.1) is 0 Å². The van der Waals surface area contributed by atoms with Gasteiger partial charge in [-0.25, -0.2) is 0 Å². The smallest absolute Gasteiger partial charge is 0.238 e. The van der Waals surface area contributed by atoms with Crippen LogP contribution < -0.4 is 5.73 Å². The summed E-state index contributed by atoms with van der Waals surface area (Å²) in [6, 6.07) is 5.12. The summed E-state index contributed by atoms with van der Waals surface area (Å²) in [6.07, 6.45) is 0.694. The fourth-order valence-corrected chi connectivity index (χ4v) is 1.48. The molecule has 1 N–H and O–H groups in total. The molecule has 0 spiro atoms. The molecule has 1 radical (unpaired) electrons. The zero-order chi connectivity index (χ0) is 9.84. The normalized spacial score (nSPS) is 10.0. The van der Waals surface area contributed by atoms with Gasteiger partial charge in [0, 0.05) is 16.5 Å². The molecule has 0 saturated heterocycles. The van der Waals surface area contributed by atoms with E-state index >= 15 is 0 Å². The number of nitrogens with one attached hydrogen (secondary N) is 1. The van der Waals surface area contributed by atoms with Gasteiger partial charge in [0.15, 0.2) is 0 Å². The molecule has 0 aliphatic rings. The molecule has 13 heavy (non-hydrogen) atoms. The number of halogens is 2. The van der Waals surface area contributed by atoms with Crippen molar-refractivity contribution in [3.63, 3.8) is 0 Å². The highest BCUT2D eigenvalue weighted by Gasteiger charge is 2.03. The second-order valence-electron chi connectivity index (χ2n) is 2.66. The van der Waals surface area contributed by atoms with Crippen molar-refractivity contribution in [2.45, 2.75) is 12.8 Å². The summed E-state index contributed by atoms with van der Waals surface area (Å²) in [7, 11) is 0. The van der Waals surface area contributed by atoms with Crippen molar-refractivity contribution in [1.29, 1.82) is 0 Å². The topological polar surface area (TPSA) is 40.9 Å². The quantitative estimate of drug-likeness (QED) is 0.767. The molecule has 0 saturated carbocycles. The van der Waals surface area contributed by atoms with Crippen molar-refractivity contribution in [2.24, 2.45) is 0 Å². The van der Waals surface area contributed by atoms with E-state index in [0.29, 0.717) is 16.5 Å². The lowest BCUT2D eigenvalue weighted by atomic mass is 10.1. The molecule has 0 aromatic heterocycles. The highest BCUT2D eigenvalue weighted by atomic mass is 35.5. The molecule has 0 fully saturated rings. The van der Waals surface area contributed by atoms with Crippen LogP contribution in [0.15, 0.2) is 18.2 Å². The maximum Gasteiger partial charge on any atom is 0.238 e. The molecule has 1 amide bonds. The third-order valence-electron chi connectivity index (χ3n) is 1.64. The molecule has 2 nitrogen and oxygen atoms in total. The fraction of sp³-hybridized carbons (Fsp3) is 0.222. The largest absolute Gasteiger partial charge is 0.273 e. The summed E-state index contributed by atoms with van der Waals surface area (Å²) in [4.78, 5) is 10.4. The Kier molecular flexibility index (Phi) is 3.58. The van der Waals surface area contributed by atoms with Gasteiger partial charge in [-0.15, -0.1) is 0 Å². The first-order chi connectivity index (χ1) is 6.09. The zero-order valence-corrected chi connectivity index (χ0v) is 8.32. The molecule has 0 aliphatic carbocycles. The van der Waals surface area contributed by atoms with Gasteiger partial charge in [0.25, 0.3) is 0 Å². The van der Waals surface area contributed by atoms with Gasteiger partial charge in [-0.1, -0.05) is 29.3 Å². The first kappa shape index (κ1) is 10.4. The van der Waals surface area contributed by atoms with Gasteiger partial charge < -0.3 is 0 Å². The van der Waals surface area contributed by atoms with Crippen molar-refractivity contribution in [3.8, 4) is 0 Å². The summed E-state index contributed by atoms with van der Waals surface area (Å²) in [6.45, 7) is 0. The molecule has 1 aromatic carbocycles. The highest BCUT2D eigenvalue weighted by molar-refractivity contribution is 6.35. The van der Waals surface area contributed by atoms with E-state index in [2.05, 4.69) is 0 Å². The zero-order valence-electron chi connectivity index (χ0n) is 6.81. The maximum absolute atomic E-state index is 10.4. The number of carbonyl (C=O) groups is 1. The van der Waals surface area contributed by atoms with Crippen LogP contribution in [0.1, 0.15) is 12.0 Å². The van der Waals surface area contributed by atoms with Crippen LogP contribution in [-0.2, 0) is 11.2 Å². The van der Waals surface area contributed by atoms with Gasteiger partial charge in [-0.2, -0.15) is 0 Å². The molecular weight excluding hydrogens is 209 g/mol. The van der Waals surface area contributed by atoms with E-state index in [-0.39, 0.29) is 6.42 Å². The average Bonchev–Trinajstić information content (AvgIpc) is 2.02. The first-order valence-electron chi connectivity index (χ1n) is 3.78. The summed E-state index contributed by atoms with van der Waals surface area (Å²) >= 11 is 11.5. The van der Waals surface area contributed by atoms with Gasteiger partial charge in [0.05, 0.1) is 0 Å². The van der Waals surface area contributed by atoms with Gasteiger partial charge in [0.2, 0.25) is 5.91 Å². The van der Waals surface area contributed by atoms with Crippen molar-refractivity contribution < 1.29 is 4.79 Å². The number of hydrogen-bond acceptors (Lipinski definition) is 1. The highest BCUT2D eigenvalue weighted by Crippen LogP contribution is 2.21. The van der Waals surface area contributed by atoms with Crippen LogP contribution in [-0.4, -0.2) is 5.91 Å². The molecule has 4 heteroatoms. The Balaban J connectivity index is 2.72. The van der Waals surface area contributed by atoms with Gasteiger partial charge in [-0.3, -0.25) is 10.5 Å². The van der Waals surface area contributed by atoms with E-state index in [1.54, 1.807) is 18.2 Å². The Morgan fingerprint density at radius 2 is 2.08 bits per heavy atom. The number of rotatable bonds is 3. The lowest BCUT2D eigenvalue weighted by Crippen LogP contribution is -1.99. The van der Waals surface area contributed by atoms with E-state index in [1.807, 2.05) is 0 Å². The van der Waals surface area contributed by atoms with E-state index in [4.69, 9.17) is 28.9 Å². The average molecular weight is 217 g/mol. The van der Waals surface area contributed by atoms with Gasteiger partial charge in [-0.05, 0) is 24.1 Å². The number of carbonyl (C=O) groups excluding carboxylic acids is 1. The number of aryl methyl sites for hydroxylation is 1. The minimum Gasteiger partial charge on any atom is -0.273 e. The molecule has 69 valence electrons. The van der Waals surface area contributed by atoms with Crippen LogP contribution in [0.25, 0.3) is 0 Å². The second-order valence-corrected chi connectivity index (χ2v) is 3.50. The minimum atomic E-state index is -0.578. The Morgan fingerprint density at radius 3 is 2.62 bits per heavy atom. The summed E-state index contributed by atoms with van der Waals surface area (Å²) in [5, 5.41) is 1.12. The van der Waals surface area contributed by atoms with Crippen molar-refractivity contribution >= 4 is 29.1 Å². The molecule has 1 aromatic rings. The predicted octanol–water partition coefficient (Wildman–Crippen LogP) is 2.74. The van der Waals surface area contributed by atoms with E-state index < -0.39 is 5.91 Å². The van der Waals surface area contributed by atoms with Crippen molar-refractivity contribution in [3.05, 3.63) is 33.8 Å². The third-order valence-corrected chi connectivity index (χ3v) is 2.22. The standard InChI is InChI=1S/C9H8Cl2NO/c10-7-3-1-6(8(11)5-7)2-4-9(12)13/h1,3,5,12H,2,4H2. The van der Waals surface area contributed by atoms with E-state index in [1.165, 1.54) is 0 Å². The molecule has 0 unspecified atom stereocenters. The molecular formula is C9H8Cl2NO. The Labute approximate surface area is 86.6 Å². The molecule has 0 heterocycles. The Morgan fingerprint density at radius 1 is 1.38 bits per heavy atom. The van der Waals surface area contributed by atoms with Crippen LogP contribution in [0.2, 0.25) is 10.0 Å². The summed E-state index contributed by atoms with van der Waals surface area (Å²) in [5.41, 5.74) is 7.59. The third kappa shape index (κ3) is 3.25.